The quantitative estimate of drug-likeness (QED) is 0.449. The molecule has 0 radical (unpaired) electrons. The zero-order valence-electron chi connectivity index (χ0n) is 11.9. The van der Waals surface area contributed by atoms with Crippen LogP contribution in [0.5, 0.6) is 0 Å². The summed E-state index contributed by atoms with van der Waals surface area (Å²) in [7, 11) is 0. The van der Waals surface area contributed by atoms with E-state index in [1.807, 2.05) is 0 Å². The van der Waals surface area contributed by atoms with E-state index < -0.39 is 0 Å². The molecule has 0 fully saturated rings. The van der Waals surface area contributed by atoms with E-state index in [1.54, 1.807) is 0 Å². The maximum atomic E-state index is 2.36. The smallest absolute Gasteiger partial charge is 0.0185 e. The van der Waals surface area contributed by atoms with Gasteiger partial charge in [0.05, 0.1) is 0 Å². The summed E-state index contributed by atoms with van der Waals surface area (Å²) < 4.78 is 0. The molecule has 0 amide bonds. The van der Waals surface area contributed by atoms with Crippen molar-refractivity contribution >= 4 is 5.57 Å². The molecule has 0 aliphatic heterocycles. The van der Waals surface area contributed by atoms with Crippen LogP contribution in [0.4, 0.5) is 0 Å². The van der Waals surface area contributed by atoms with Gasteiger partial charge in [-0.15, -0.1) is 0 Å². The van der Waals surface area contributed by atoms with Crippen LogP contribution in [-0.4, -0.2) is 0 Å². The monoisotopic (exact) mass is 252 g/mol. The minimum atomic E-state index is 1.18. The topological polar surface area (TPSA) is 0 Å². The van der Waals surface area contributed by atoms with Crippen LogP contribution in [0.3, 0.4) is 0 Å². The van der Waals surface area contributed by atoms with Gasteiger partial charge in [0.25, 0.3) is 0 Å². The van der Waals surface area contributed by atoms with Gasteiger partial charge in [-0.2, -0.15) is 0 Å². The van der Waals surface area contributed by atoms with E-state index in [-0.39, 0.29) is 0 Å². The highest BCUT2D eigenvalue weighted by Gasteiger charge is 2.02. The fourth-order valence-electron chi connectivity index (χ4n) is 2.49. The molecular weight excluding hydrogens is 228 g/mol. The number of aryl methyl sites for hydroxylation is 1. The molecule has 0 atom stereocenters. The molecule has 2 rings (SSSR count). The fourth-order valence-corrected chi connectivity index (χ4v) is 2.49. The zero-order valence-corrected chi connectivity index (χ0v) is 11.9. The van der Waals surface area contributed by atoms with E-state index in [0.29, 0.717) is 0 Å². The Kier molecular flexibility index (Phi) is 5.68. The van der Waals surface area contributed by atoms with E-state index in [9.17, 15) is 0 Å². The third kappa shape index (κ3) is 4.55. The van der Waals surface area contributed by atoms with Crippen molar-refractivity contribution in [1.29, 1.82) is 0 Å². The number of benzene rings is 1. The minimum Gasteiger partial charge on any atom is -0.0917 e. The molecule has 1 aliphatic rings. The van der Waals surface area contributed by atoms with Crippen molar-refractivity contribution in [2.45, 2.75) is 45.4 Å². The molecule has 1 aliphatic carbocycles. The van der Waals surface area contributed by atoms with Crippen molar-refractivity contribution in [3.05, 3.63) is 65.8 Å². The predicted molar refractivity (Wildman–Crippen MR) is 85.2 cm³/mol. The van der Waals surface area contributed by atoms with Crippen LogP contribution in [-0.2, 0) is 6.42 Å². The average Bonchev–Trinajstić information content (AvgIpc) is 2.48. The summed E-state index contributed by atoms with van der Waals surface area (Å²) in [6.07, 6.45) is 18.6. The van der Waals surface area contributed by atoms with Gasteiger partial charge in [-0.25, -0.2) is 0 Å². The van der Waals surface area contributed by atoms with Crippen molar-refractivity contribution < 1.29 is 0 Å². The van der Waals surface area contributed by atoms with Gasteiger partial charge in [0.1, 0.15) is 0 Å². The van der Waals surface area contributed by atoms with Crippen molar-refractivity contribution in [3.8, 4) is 0 Å². The highest BCUT2D eigenvalue weighted by Crippen LogP contribution is 2.22. The van der Waals surface area contributed by atoms with E-state index in [2.05, 4.69) is 61.6 Å². The Morgan fingerprint density at radius 3 is 2.89 bits per heavy atom. The Hall–Kier alpha value is -1.56. The van der Waals surface area contributed by atoms with Crippen LogP contribution < -0.4 is 0 Å². The first kappa shape index (κ1) is 13.9. The first-order valence-corrected chi connectivity index (χ1v) is 7.47. The third-order valence-electron chi connectivity index (χ3n) is 3.58. The van der Waals surface area contributed by atoms with Gasteiger partial charge in [-0.1, -0.05) is 54.6 Å². The van der Waals surface area contributed by atoms with Gasteiger partial charge in [-0.05, 0) is 62.1 Å². The lowest BCUT2D eigenvalue weighted by Crippen LogP contribution is -1.90. The number of hydrogen-bond donors (Lipinski definition) is 0. The van der Waals surface area contributed by atoms with Gasteiger partial charge < -0.3 is 0 Å². The molecule has 0 saturated carbocycles. The van der Waals surface area contributed by atoms with Gasteiger partial charge in [0.15, 0.2) is 0 Å². The van der Waals surface area contributed by atoms with Crippen molar-refractivity contribution in [3.63, 3.8) is 0 Å². The summed E-state index contributed by atoms with van der Waals surface area (Å²) in [5.74, 6) is 0. The highest BCUT2D eigenvalue weighted by atomic mass is 14.1. The minimum absolute atomic E-state index is 1.18. The second-order valence-corrected chi connectivity index (χ2v) is 5.15. The largest absolute Gasteiger partial charge is 0.0917 e. The van der Waals surface area contributed by atoms with E-state index in [1.165, 1.54) is 55.2 Å². The molecular formula is C19H24. The molecule has 19 heavy (non-hydrogen) atoms. The molecule has 0 aromatic heterocycles. The number of allylic oxidation sites excluding steroid dienone is 6. The summed E-state index contributed by atoms with van der Waals surface area (Å²) in [5.41, 5.74) is 4.24. The predicted octanol–water partition coefficient (Wildman–Crippen LogP) is 5.71. The highest BCUT2D eigenvalue weighted by molar-refractivity contribution is 5.75. The van der Waals surface area contributed by atoms with Gasteiger partial charge in [0, 0.05) is 0 Å². The Morgan fingerprint density at radius 2 is 2.11 bits per heavy atom. The lowest BCUT2D eigenvalue weighted by atomic mass is 9.96. The van der Waals surface area contributed by atoms with Crippen LogP contribution >= 0.6 is 0 Å². The van der Waals surface area contributed by atoms with E-state index in [0.717, 1.165) is 0 Å². The number of rotatable bonds is 6. The van der Waals surface area contributed by atoms with Crippen LogP contribution in [0.15, 0.2) is 54.6 Å². The van der Waals surface area contributed by atoms with Crippen LogP contribution in [0.1, 0.15) is 50.2 Å². The molecule has 0 spiro atoms. The molecule has 0 unspecified atom stereocenters. The maximum absolute atomic E-state index is 2.36. The van der Waals surface area contributed by atoms with E-state index >= 15 is 0 Å². The Morgan fingerprint density at radius 1 is 1.16 bits per heavy atom. The van der Waals surface area contributed by atoms with Crippen molar-refractivity contribution in [2.75, 3.05) is 0 Å². The second kappa shape index (κ2) is 7.78. The van der Waals surface area contributed by atoms with Crippen molar-refractivity contribution in [2.24, 2.45) is 0 Å². The molecule has 1 aromatic carbocycles. The molecule has 0 nitrogen and oxygen atoms in total. The Labute approximate surface area is 117 Å². The summed E-state index contributed by atoms with van der Waals surface area (Å²) in [6.45, 7) is 2.09. The molecule has 0 bridgehead atoms. The van der Waals surface area contributed by atoms with Gasteiger partial charge in [0.2, 0.25) is 0 Å². The van der Waals surface area contributed by atoms with Crippen LogP contribution in [0, 0.1) is 0 Å². The first-order valence-electron chi connectivity index (χ1n) is 7.47. The summed E-state index contributed by atoms with van der Waals surface area (Å²) in [4.78, 5) is 0. The normalized spacial score (nSPS) is 14.9. The third-order valence-corrected chi connectivity index (χ3v) is 3.58. The molecule has 0 N–H and O–H groups in total. The summed E-state index contributed by atoms with van der Waals surface area (Å²) in [6, 6.07) is 9.04. The molecule has 1 aromatic rings. The second-order valence-electron chi connectivity index (χ2n) is 5.15. The standard InChI is InChI=1S/C19H24/c1-2-3-4-5-7-11-17-12-10-15-19(16-17)18-13-8-6-9-14-18/h2-3,8,10,12-16H,4-7,9,11H2,1H3/b3-2+. The SMILES string of the molecule is C/C=C/CCCCc1cccc(C2=CCCC=C2)c1. The molecule has 100 valence electrons. The van der Waals surface area contributed by atoms with E-state index in [4.69, 9.17) is 0 Å². The fraction of sp³-hybridized carbons (Fsp3) is 0.368. The molecule has 0 saturated heterocycles. The molecule has 0 heterocycles. The van der Waals surface area contributed by atoms with Crippen LogP contribution in [0.25, 0.3) is 5.57 Å². The summed E-state index contributed by atoms with van der Waals surface area (Å²) >= 11 is 0. The average molecular weight is 252 g/mol. The first-order chi connectivity index (χ1) is 9.40. The lowest BCUT2D eigenvalue weighted by Gasteiger charge is -2.09. The zero-order chi connectivity index (χ0) is 13.3. The van der Waals surface area contributed by atoms with Gasteiger partial charge in [-0.3, -0.25) is 0 Å². The van der Waals surface area contributed by atoms with Gasteiger partial charge >= 0.3 is 0 Å². The summed E-state index contributed by atoms with van der Waals surface area (Å²) in [5, 5.41) is 0. The maximum Gasteiger partial charge on any atom is -0.0185 e. The van der Waals surface area contributed by atoms with Crippen molar-refractivity contribution in [1.82, 2.24) is 0 Å². The number of hydrogen-bond acceptors (Lipinski definition) is 0. The number of unbranched alkanes of at least 4 members (excludes halogenated alkanes) is 2. The molecule has 0 heteroatoms. The van der Waals surface area contributed by atoms with Crippen LogP contribution in [0.2, 0.25) is 0 Å². The Bertz CT molecular complexity index is 475. The Balaban J connectivity index is 1.91. The lowest BCUT2D eigenvalue weighted by molar-refractivity contribution is 0.747.